The van der Waals surface area contributed by atoms with Crippen LogP contribution >= 0.6 is 0 Å². The fourth-order valence-corrected chi connectivity index (χ4v) is 3.57. The monoisotopic (exact) mass is 338 g/mol. The van der Waals surface area contributed by atoms with Crippen LogP contribution in [0.25, 0.3) is 0 Å². The van der Waals surface area contributed by atoms with Crippen LogP contribution in [-0.2, 0) is 5.54 Å². The molecule has 2 heteroatoms. The molecular weight excluding hydrogens is 304 g/mol. The molecule has 0 aliphatic heterocycles. The van der Waals surface area contributed by atoms with Crippen LogP contribution in [0.5, 0.6) is 0 Å². The second kappa shape index (κ2) is 10.4. The number of unbranched alkanes of at least 4 members (excludes halogenated alkanes) is 6. The average Bonchev–Trinajstić information content (AvgIpc) is 2.67. The number of hydrogen-bond donors (Lipinski definition) is 2. The highest BCUT2D eigenvalue weighted by Gasteiger charge is 2.35. The van der Waals surface area contributed by atoms with Gasteiger partial charge in [0.05, 0.1) is 5.54 Å². The summed E-state index contributed by atoms with van der Waals surface area (Å²) in [7, 11) is 0. The van der Waals surface area contributed by atoms with Crippen LogP contribution in [-0.4, -0.2) is 6.04 Å². The lowest BCUT2D eigenvalue weighted by atomic mass is 9.76. The molecule has 2 aromatic carbocycles. The molecule has 2 nitrogen and oxygen atoms in total. The Labute approximate surface area is 153 Å². The molecule has 1 unspecified atom stereocenters. The summed E-state index contributed by atoms with van der Waals surface area (Å²) in [5.74, 6) is 0. The third-order valence-electron chi connectivity index (χ3n) is 5.21. The van der Waals surface area contributed by atoms with E-state index in [1.807, 2.05) is 36.4 Å². The second-order valence-corrected chi connectivity index (χ2v) is 7.12. The predicted octanol–water partition coefficient (Wildman–Crippen LogP) is 5.36. The Morgan fingerprint density at radius 2 is 1.16 bits per heavy atom. The fraction of sp³-hybridized carbons (Fsp3) is 0.478. The predicted molar refractivity (Wildman–Crippen MR) is 108 cm³/mol. The van der Waals surface area contributed by atoms with Crippen molar-refractivity contribution in [3.8, 4) is 0 Å². The van der Waals surface area contributed by atoms with Crippen molar-refractivity contribution >= 4 is 0 Å². The van der Waals surface area contributed by atoms with Crippen molar-refractivity contribution in [2.75, 3.05) is 0 Å². The van der Waals surface area contributed by atoms with Crippen LogP contribution in [0.2, 0.25) is 0 Å². The van der Waals surface area contributed by atoms with Gasteiger partial charge in [0.2, 0.25) is 0 Å². The first-order valence-corrected chi connectivity index (χ1v) is 9.85. The van der Waals surface area contributed by atoms with Gasteiger partial charge in [-0.2, -0.15) is 0 Å². The van der Waals surface area contributed by atoms with E-state index in [2.05, 4.69) is 31.2 Å². The van der Waals surface area contributed by atoms with Gasteiger partial charge in [-0.1, -0.05) is 113 Å². The fourth-order valence-electron chi connectivity index (χ4n) is 3.57. The molecule has 0 spiro atoms. The van der Waals surface area contributed by atoms with Crippen molar-refractivity contribution in [1.82, 2.24) is 0 Å². The lowest BCUT2D eigenvalue weighted by Gasteiger charge is -2.36. The summed E-state index contributed by atoms with van der Waals surface area (Å²) in [6.45, 7) is 2.26. The number of hydrogen-bond acceptors (Lipinski definition) is 2. The van der Waals surface area contributed by atoms with Gasteiger partial charge in [-0.05, 0) is 17.5 Å². The quantitative estimate of drug-likeness (QED) is 0.542. The van der Waals surface area contributed by atoms with E-state index in [9.17, 15) is 0 Å². The van der Waals surface area contributed by atoms with E-state index in [1.165, 1.54) is 38.5 Å². The van der Waals surface area contributed by atoms with Crippen LogP contribution in [0.1, 0.15) is 69.4 Å². The van der Waals surface area contributed by atoms with Gasteiger partial charge >= 0.3 is 0 Å². The summed E-state index contributed by atoms with van der Waals surface area (Å²) in [6.07, 6.45) is 10.0. The minimum absolute atomic E-state index is 0.0899. The lowest BCUT2D eigenvalue weighted by molar-refractivity contribution is 0.384. The van der Waals surface area contributed by atoms with Crippen LogP contribution in [0.4, 0.5) is 0 Å². The first kappa shape index (κ1) is 19.7. The van der Waals surface area contributed by atoms with Crippen molar-refractivity contribution < 1.29 is 0 Å². The van der Waals surface area contributed by atoms with E-state index in [0.717, 1.165) is 24.0 Å². The molecule has 2 rings (SSSR count). The molecule has 0 aliphatic rings. The van der Waals surface area contributed by atoms with E-state index in [4.69, 9.17) is 11.5 Å². The Bertz CT molecular complexity index is 540. The van der Waals surface area contributed by atoms with Crippen LogP contribution in [0.3, 0.4) is 0 Å². The summed E-state index contributed by atoms with van der Waals surface area (Å²) in [5, 5.41) is 0. The van der Waals surface area contributed by atoms with Crippen molar-refractivity contribution in [2.45, 2.75) is 69.9 Å². The van der Waals surface area contributed by atoms with Crippen LogP contribution in [0.15, 0.2) is 60.7 Å². The Morgan fingerprint density at radius 3 is 1.64 bits per heavy atom. The largest absolute Gasteiger partial charge is 0.326 e. The van der Waals surface area contributed by atoms with E-state index >= 15 is 0 Å². The maximum Gasteiger partial charge on any atom is 0.0819 e. The Morgan fingerprint density at radius 1 is 0.720 bits per heavy atom. The molecule has 0 aromatic heterocycles. The van der Waals surface area contributed by atoms with Gasteiger partial charge in [0.1, 0.15) is 0 Å². The van der Waals surface area contributed by atoms with Crippen LogP contribution < -0.4 is 11.5 Å². The molecule has 0 heterocycles. The number of benzene rings is 2. The summed E-state index contributed by atoms with van der Waals surface area (Å²) in [6, 6.07) is 20.5. The molecule has 1 atom stereocenters. The Kier molecular flexibility index (Phi) is 8.17. The summed E-state index contributed by atoms with van der Waals surface area (Å²) in [5.41, 5.74) is 15.1. The Hall–Kier alpha value is -1.64. The van der Waals surface area contributed by atoms with Crippen LogP contribution in [0, 0.1) is 0 Å². The molecule has 0 aliphatic carbocycles. The van der Waals surface area contributed by atoms with Crippen molar-refractivity contribution in [1.29, 1.82) is 0 Å². The molecule has 4 N–H and O–H groups in total. The summed E-state index contributed by atoms with van der Waals surface area (Å²) in [4.78, 5) is 0. The highest BCUT2D eigenvalue weighted by Crippen LogP contribution is 2.31. The molecule has 0 radical (unpaired) electrons. The molecule has 25 heavy (non-hydrogen) atoms. The van der Waals surface area contributed by atoms with Crippen molar-refractivity contribution in [3.05, 3.63) is 71.8 Å². The normalized spacial score (nSPS) is 12.9. The zero-order valence-electron chi connectivity index (χ0n) is 15.7. The smallest absolute Gasteiger partial charge is 0.0819 e. The first-order chi connectivity index (χ1) is 12.2. The van der Waals surface area contributed by atoms with E-state index in [-0.39, 0.29) is 6.04 Å². The van der Waals surface area contributed by atoms with Gasteiger partial charge in [0.15, 0.2) is 0 Å². The van der Waals surface area contributed by atoms with E-state index in [0.29, 0.717) is 0 Å². The molecule has 0 bridgehead atoms. The maximum absolute atomic E-state index is 6.94. The zero-order valence-corrected chi connectivity index (χ0v) is 15.7. The van der Waals surface area contributed by atoms with Crippen molar-refractivity contribution in [3.63, 3.8) is 0 Å². The molecule has 0 amide bonds. The van der Waals surface area contributed by atoms with Gasteiger partial charge < -0.3 is 11.5 Å². The van der Waals surface area contributed by atoms with E-state index in [1.54, 1.807) is 0 Å². The van der Waals surface area contributed by atoms with E-state index < -0.39 is 5.54 Å². The molecular formula is C23H34N2. The highest BCUT2D eigenvalue weighted by atomic mass is 14.9. The van der Waals surface area contributed by atoms with Gasteiger partial charge in [0.25, 0.3) is 0 Å². The van der Waals surface area contributed by atoms with Gasteiger partial charge in [0, 0.05) is 6.04 Å². The number of nitrogens with two attached hydrogens (primary N) is 2. The minimum Gasteiger partial charge on any atom is -0.326 e. The minimum atomic E-state index is -0.634. The third-order valence-corrected chi connectivity index (χ3v) is 5.21. The standard InChI is InChI=1S/C23H34N2/c1-2-3-4-5-6-7-14-19-22(24)23(25,20-15-10-8-11-16-20)21-17-12-9-13-18-21/h8-13,15-18,22H,2-7,14,19,24-25H2,1H3. The van der Waals surface area contributed by atoms with Gasteiger partial charge in [-0.15, -0.1) is 0 Å². The maximum atomic E-state index is 6.94. The third kappa shape index (κ3) is 5.42. The average molecular weight is 339 g/mol. The van der Waals surface area contributed by atoms with Gasteiger partial charge in [-0.25, -0.2) is 0 Å². The summed E-state index contributed by atoms with van der Waals surface area (Å²) >= 11 is 0. The highest BCUT2D eigenvalue weighted by molar-refractivity contribution is 5.39. The molecule has 0 fully saturated rings. The SMILES string of the molecule is CCCCCCCCCC(N)C(N)(c1ccccc1)c1ccccc1. The Balaban J connectivity index is 2.01. The first-order valence-electron chi connectivity index (χ1n) is 9.85. The molecule has 0 saturated carbocycles. The van der Waals surface area contributed by atoms with Crippen molar-refractivity contribution in [2.24, 2.45) is 11.5 Å². The second-order valence-electron chi connectivity index (χ2n) is 7.12. The summed E-state index contributed by atoms with van der Waals surface area (Å²) < 4.78 is 0. The zero-order chi connectivity index (χ0) is 18.0. The molecule has 0 saturated heterocycles. The number of rotatable bonds is 11. The molecule has 2 aromatic rings. The van der Waals surface area contributed by atoms with Gasteiger partial charge in [-0.3, -0.25) is 0 Å². The lowest BCUT2D eigenvalue weighted by Crippen LogP contribution is -2.53. The topological polar surface area (TPSA) is 52.0 Å². The molecule has 136 valence electrons.